The summed E-state index contributed by atoms with van der Waals surface area (Å²) in [4.78, 5) is 0.0122. The largest absolute Gasteiger partial charge is 0.392 e. The SMILES string of the molecule is C[C@@H]1CCC[C@H](C)N1S(=O)(=O)c1ccc(Cl)c(CO)c1Cl. The Morgan fingerprint density at radius 3 is 2.33 bits per heavy atom. The Hall–Kier alpha value is -0.330. The molecule has 1 saturated heterocycles. The van der Waals surface area contributed by atoms with Crippen LogP contribution in [0.1, 0.15) is 38.7 Å². The molecule has 21 heavy (non-hydrogen) atoms. The fourth-order valence-corrected chi connectivity index (χ4v) is 5.66. The molecule has 0 aromatic heterocycles. The van der Waals surface area contributed by atoms with E-state index in [1.807, 2.05) is 13.8 Å². The van der Waals surface area contributed by atoms with Crippen LogP contribution in [0.2, 0.25) is 10.0 Å². The molecule has 1 aliphatic rings. The Morgan fingerprint density at radius 2 is 1.81 bits per heavy atom. The van der Waals surface area contributed by atoms with Crippen molar-refractivity contribution in [3.63, 3.8) is 0 Å². The molecule has 1 heterocycles. The molecule has 7 heteroatoms. The summed E-state index contributed by atoms with van der Waals surface area (Å²) in [5, 5.41) is 9.60. The molecular formula is C14H19Cl2NO3S. The van der Waals surface area contributed by atoms with Crippen LogP contribution < -0.4 is 0 Å². The molecule has 2 atom stereocenters. The van der Waals surface area contributed by atoms with Gasteiger partial charge in [0.1, 0.15) is 4.90 Å². The molecule has 118 valence electrons. The van der Waals surface area contributed by atoms with Gasteiger partial charge >= 0.3 is 0 Å². The van der Waals surface area contributed by atoms with Gasteiger partial charge in [-0.3, -0.25) is 0 Å². The van der Waals surface area contributed by atoms with Crippen LogP contribution in [0, 0.1) is 0 Å². The zero-order chi connectivity index (χ0) is 15.8. The molecule has 0 radical (unpaired) electrons. The second-order valence-corrected chi connectivity index (χ2v) is 8.06. The van der Waals surface area contributed by atoms with Crippen molar-refractivity contribution in [2.45, 2.75) is 56.7 Å². The normalized spacial score (nSPS) is 24.2. The van der Waals surface area contributed by atoms with Crippen molar-refractivity contribution in [1.29, 1.82) is 0 Å². The Bertz CT molecular complexity index is 623. The van der Waals surface area contributed by atoms with E-state index in [2.05, 4.69) is 0 Å². The summed E-state index contributed by atoms with van der Waals surface area (Å²) in [7, 11) is -3.71. The van der Waals surface area contributed by atoms with E-state index in [-0.39, 0.29) is 32.6 Å². The average Bonchev–Trinajstić information content (AvgIpc) is 2.38. The van der Waals surface area contributed by atoms with Crippen LogP contribution in [-0.2, 0) is 16.6 Å². The summed E-state index contributed by atoms with van der Waals surface area (Å²) < 4.78 is 27.4. The van der Waals surface area contributed by atoms with Gasteiger partial charge in [0.05, 0.1) is 11.6 Å². The summed E-state index contributed by atoms with van der Waals surface area (Å²) in [5.74, 6) is 0. The molecule has 0 spiro atoms. The molecule has 1 aliphatic heterocycles. The molecule has 0 saturated carbocycles. The lowest BCUT2D eigenvalue weighted by Crippen LogP contribution is -2.47. The van der Waals surface area contributed by atoms with Crippen LogP contribution in [0.3, 0.4) is 0 Å². The average molecular weight is 352 g/mol. The van der Waals surface area contributed by atoms with E-state index in [4.69, 9.17) is 23.2 Å². The molecule has 1 aromatic rings. The molecule has 4 nitrogen and oxygen atoms in total. The van der Waals surface area contributed by atoms with Crippen molar-refractivity contribution in [3.8, 4) is 0 Å². The van der Waals surface area contributed by atoms with Crippen molar-refractivity contribution < 1.29 is 13.5 Å². The highest BCUT2D eigenvalue weighted by Gasteiger charge is 2.37. The highest BCUT2D eigenvalue weighted by molar-refractivity contribution is 7.89. The molecule has 1 N–H and O–H groups in total. The minimum Gasteiger partial charge on any atom is -0.392 e. The molecule has 0 bridgehead atoms. The Balaban J connectivity index is 2.54. The van der Waals surface area contributed by atoms with Gasteiger partial charge in [-0.05, 0) is 38.8 Å². The van der Waals surface area contributed by atoms with Crippen LogP contribution in [-0.4, -0.2) is 29.9 Å². The van der Waals surface area contributed by atoms with Crippen LogP contribution in [0.25, 0.3) is 0 Å². The number of benzene rings is 1. The number of hydrogen-bond donors (Lipinski definition) is 1. The van der Waals surface area contributed by atoms with Crippen molar-refractivity contribution in [1.82, 2.24) is 4.31 Å². The van der Waals surface area contributed by atoms with Crippen LogP contribution >= 0.6 is 23.2 Å². The van der Waals surface area contributed by atoms with E-state index >= 15 is 0 Å². The zero-order valence-electron chi connectivity index (χ0n) is 12.0. The van der Waals surface area contributed by atoms with Gasteiger partial charge in [0.15, 0.2) is 0 Å². The fraction of sp³-hybridized carbons (Fsp3) is 0.571. The molecule has 2 rings (SSSR count). The number of rotatable bonds is 3. The van der Waals surface area contributed by atoms with Gasteiger partial charge in [0, 0.05) is 22.7 Å². The number of aliphatic hydroxyl groups is 1. The van der Waals surface area contributed by atoms with Gasteiger partial charge in [0.25, 0.3) is 0 Å². The number of piperidine rings is 1. The Labute approximate surface area is 135 Å². The van der Waals surface area contributed by atoms with Gasteiger partial charge in [-0.1, -0.05) is 29.6 Å². The second-order valence-electron chi connectivity index (χ2n) is 5.46. The third-order valence-corrected chi connectivity index (χ3v) is 7.05. The molecule has 0 unspecified atom stereocenters. The van der Waals surface area contributed by atoms with Crippen molar-refractivity contribution >= 4 is 33.2 Å². The molecule has 1 fully saturated rings. The van der Waals surface area contributed by atoms with Crippen LogP contribution in [0.15, 0.2) is 17.0 Å². The van der Waals surface area contributed by atoms with Gasteiger partial charge in [-0.25, -0.2) is 8.42 Å². The number of hydrogen-bond acceptors (Lipinski definition) is 3. The second kappa shape index (κ2) is 6.42. The number of aliphatic hydroxyl groups excluding tert-OH is 1. The lowest BCUT2D eigenvalue weighted by Gasteiger charge is -2.38. The first kappa shape index (κ1) is 17.0. The smallest absolute Gasteiger partial charge is 0.245 e. The van der Waals surface area contributed by atoms with E-state index in [0.29, 0.717) is 0 Å². The monoisotopic (exact) mass is 351 g/mol. The van der Waals surface area contributed by atoms with E-state index in [1.54, 1.807) is 0 Å². The fourth-order valence-electron chi connectivity index (χ4n) is 2.91. The van der Waals surface area contributed by atoms with Gasteiger partial charge in [-0.2, -0.15) is 4.31 Å². The third kappa shape index (κ3) is 3.08. The predicted octanol–water partition coefficient (Wildman–Crippen LogP) is 3.44. The zero-order valence-corrected chi connectivity index (χ0v) is 14.3. The first-order valence-electron chi connectivity index (χ1n) is 6.92. The van der Waals surface area contributed by atoms with Gasteiger partial charge in [-0.15, -0.1) is 0 Å². The van der Waals surface area contributed by atoms with Crippen LogP contribution in [0.4, 0.5) is 0 Å². The standard InChI is InChI=1S/C14H19Cl2NO3S/c1-9-4-3-5-10(2)17(9)21(19,20)13-7-6-12(15)11(8-18)14(13)16/h6-7,9-10,18H,3-5,8H2,1-2H3/t9-,10+. The maximum absolute atomic E-state index is 12.9. The molecule has 0 amide bonds. The third-order valence-electron chi connectivity index (χ3n) is 3.98. The lowest BCUT2D eigenvalue weighted by atomic mass is 10.0. The van der Waals surface area contributed by atoms with E-state index in [1.165, 1.54) is 16.4 Å². The number of nitrogens with zero attached hydrogens (tertiary/aromatic N) is 1. The summed E-state index contributed by atoms with van der Waals surface area (Å²) in [6.07, 6.45) is 2.69. The number of sulfonamides is 1. The highest BCUT2D eigenvalue weighted by Crippen LogP contribution is 2.36. The first-order chi connectivity index (χ1) is 9.80. The van der Waals surface area contributed by atoms with E-state index in [0.717, 1.165) is 19.3 Å². The number of halogens is 2. The highest BCUT2D eigenvalue weighted by atomic mass is 35.5. The minimum absolute atomic E-state index is 0.00923. The van der Waals surface area contributed by atoms with Crippen molar-refractivity contribution in [2.75, 3.05) is 0 Å². The molecule has 1 aromatic carbocycles. The molecule has 0 aliphatic carbocycles. The van der Waals surface area contributed by atoms with Crippen LogP contribution in [0.5, 0.6) is 0 Å². The molecular weight excluding hydrogens is 333 g/mol. The summed E-state index contributed by atoms with van der Waals surface area (Å²) >= 11 is 12.1. The summed E-state index contributed by atoms with van der Waals surface area (Å²) in [6, 6.07) is 2.74. The Morgan fingerprint density at radius 1 is 1.24 bits per heavy atom. The summed E-state index contributed by atoms with van der Waals surface area (Å²) in [5.41, 5.74) is 0.247. The first-order valence-corrected chi connectivity index (χ1v) is 9.11. The maximum atomic E-state index is 12.9. The Kier molecular flexibility index (Phi) is 5.21. The maximum Gasteiger partial charge on any atom is 0.245 e. The topological polar surface area (TPSA) is 57.6 Å². The minimum atomic E-state index is -3.71. The summed E-state index contributed by atoms with van der Waals surface area (Å²) in [6.45, 7) is 3.42. The van der Waals surface area contributed by atoms with E-state index in [9.17, 15) is 13.5 Å². The quantitative estimate of drug-likeness (QED) is 0.907. The van der Waals surface area contributed by atoms with Gasteiger partial charge < -0.3 is 5.11 Å². The van der Waals surface area contributed by atoms with Crippen molar-refractivity contribution in [2.24, 2.45) is 0 Å². The van der Waals surface area contributed by atoms with Crippen molar-refractivity contribution in [3.05, 3.63) is 27.7 Å². The predicted molar refractivity (Wildman–Crippen MR) is 84.2 cm³/mol. The van der Waals surface area contributed by atoms with E-state index < -0.39 is 16.6 Å². The van der Waals surface area contributed by atoms with Gasteiger partial charge in [0.2, 0.25) is 10.0 Å². The lowest BCUT2D eigenvalue weighted by molar-refractivity contribution is 0.204.